The van der Waals surface area contributed by atoms with Gasteiger partial charge in [-0.2, -0.15) is 11.8 Å². The van der Waals surface area contributed by atoms with Crippen LogP contribution in [0.15, 0.2) is 24.4 Å². The summed E-state index contributed by atoms with van der Waals surface area (Å²) in [6, 6.07) is 5.59. The van der Waals surface area contributed by atoms with Gasteiger partial charge < -0.3 is 15.4 Å². The highest BCUT2D eigenvalue weighted by Crippen LogP contribution is 2.18. The van der Waals surface area contributed by atoms with Crippen LogP contribution in [0.3, 0.4) is 0 Å². The van der Waals surface area contributed by atoms with E-state index in [9.17, 15) is 4.79 Å². The summed E-state index contributed by atoms with van der Waals surface area (Å²) in [5, 5.41) is 14.5. The lowest BCUT2D eigenvalue weighted by Crippen LogP contribution is -2.38. The number of halogens is 2. The molecule has 0 aliphatic carbocycles. The topological polar surface area (TPSA) is 80.5 Å². The van der Waals surface area contributed by atoms with Gasteiger partial charge in [0.1, 0.15) is 0 Å². The molecule has 7 nitrogen and oxygen atoms in total. The van der Waals surface area contributed by atoms with E-state index in [1.54, 1.807) is 18.9 Å². The maximum Gasteiger partial charge on any atom is 0.234 e. The smallest absolute Gasteiger partial charge is 0.234 e. The molecule has 0 saturated heterocycles. The zero-order valence-corrected chi connectivity index (χ0v) is 16.8. The number of hydrogen-bond donors (Lipinski definition) is 2. The van der Waals surface area contributed by atoms with Crippen LogP contribution in [0.2, 0.25) is 0 Å². The third-order valence-corrected chi connectivity index (χ3v) is 4.01. The fraction of sp³-hybridized carbons (Fsp3) is 0.533. The highest BCUT2D eigenvalue weighted by molar-refractivity contribution is 7.98. The molecule has 2 aromatic heterocycles. The molecule has 0 spiro atoms. The zero-order valence-electron chi connectivity index (χ0n) is 14.3. The largest absolute Gasteiger partial charge is 0.383 e. The second-order valence-corrected chi connectivity index (χ2v) is 6.04. The molecule has 10 heteroatoms. The average molecular weight is 410 g/mol. The van der Waals surface area contributed by atoms with Gasteiger partial charge in [-0.25, -0.2) is 0 Å². The molecule has 142 valence electrons. The Hall–Kier alpha value is -1.06. The Labute approximate surface area is 164 Å². The third-order valence-electron chi connectivity index (χ3n) is 3.37. The number of methoxy groups -OCH3 is 1. The summed E-state index contributed by atoms with van der Waals surface area (Å²) in [6.45, 7) is 1.49. The Balaban J connectivity index is 0.00000288. The van der Waals surface area contributed by atoms with Gasteiger partial charge in [0.25, 0.3) is 0 Å². The SMILES string of the molecule is COCCNCC(=O)NC(CCSC)c1nnc2ccccn12.Cl.Cl. The van der Waals surface area contributed by atoms with Crippen LogP contribution in [0.4, 0.5) is 0 Å². The first-order valence-electron chi connectivity index (χ1n) is 7.54. The molecular formula is C15H25Cl2N5O2S. The van der Waals surface area contributed by atoms with E-state index < -0.39 is 0 Å². The van der Waals surface area contributed by atoms with E-state index in [0.29, 0.717) is 13.2 Å². The molecule has 2 rings (SSSR count). The highest BCUT2D eigenvalue weighted by atomic mass is 35.5. The van der Waals surface area contributed by atoms with Gasteiger partial charge in [-0.1, -0.05) is 6.07 Å². The standard InChI is InChI=1S/C15H23N5O2S.2ClH/c1-22-9-7-16-11-14(21)17-12(6-10-23-2)15-19-18-13-5-3-4-8-20(13)15;;/h3-5,8,12,16H,6-7,9-11H2,1-2H3,(H,17,21);2*1H. The number of rotatable bonds is 10. The van der Waals surface area contributed by atoms with Crippen molar-refractivity contribution >= 4 is 48.1 Å². The number of thioether (sulfide) groups is 1. The van der Waals surface area contributed by atoms with Crippen molar-refractivity contribution in [1.82, 2.24) is 25.2 Å². The molecule has 0 aliphatic rings. The fourth-order valence-electron chi connectivity index (χ4n) is 2.22. The first kappa shape index (κ1) is 23.9. The first-order chi connectivity index (χ1) is 11.3. The van der Waals surface area contributed by atoms with Gasteiger partial charge >= 0.3 is 0 Å². The van der Waals surface area contributed by atoms with E-state index in [4.69, 9.17) is 4.74 Å². The first-order valence-corrected chi connectivity index (χ1v) is 8.93. The number of fused-ring (bicyclic) bond motifs is 1. The second kappa shape index (κ2) is 13.2. The van der Waals surface area contributed by atoms with Gasteiger partial charge in [0.05, 0.1) is 19.2 Å². The summed E-state index contributed by atoms with van der Waals surface area (Å²) in [7, 11) is 1.64. The maximum atomic E-state index is 12.1. The summed E-state index contributed by atoms with van der Waals surface area (Å²) in [4.78, 5) is 12.1. The fourth-order valence-corrected chi connectivity index (χ4v) is 2.69. The molecule has 1 atom stereocenters. The van der Waals surface area contributed by atoms with Gasteiger partial charge in [-0.15, -0.1) is 35.0 Å². The van der Waals surface area contributed by atoms with Crippen LogP contribution in [-0.2, 0) is 9.53 Å². The normalized spacial score (nSPS) is 11.4. The molecule has 1 unspecified atom stereocenters. The molecule has 0 fully saturated rings. The van der Waals surface area contributed by atoms with Crippen molar-refractivity contribution in [2.45, 2.75) is 12.5 Å². The van der Waals surface area contributed by atoms with Crippen LogP contribution in [0.25, 0.3) is 5.65 Å². The summed E-state index contributed by atoms with van der Waals surface area (Å²) >= 11 is 1.74. The van der Waals surface area contributed by atoms with Crippen molar-refractivity contribution in [3.63, 3.8) is 0 Å². The van der Waals surface area contributed by atoms with Crippen molar-refractivity contribution in [2.24, 2.45) is 0 Å². The van der Waals surface area contributed by atoms with Gasteiger partial charge in [0, 0.05) is 19.9 Å². The number of carbonyl (C=O) groups is 1. The minimum atomic E-state index is -0.156. The minimum absolute atomic E-state index is 0. The van der Waals surface area contributed by atoms with E-state index >= 15 is 0 Å². The summed E-state index contributed by atoms with van der Waals surface area (Å²) < 4.78 is 6.87. The number of carbonyl (C=O) groups excluding carboxylic acids is 1. The van der Waals surface area contributed by atoms with Crippen molar-refractivity contribution in [2.75, 3.05) is 38.8 Å². The summed E-state index contributed by atoms with van der Waals surface area (Å²) in [5.41, 5.74) is 0.782. The van der Waals surface area contributed by atoms with Crippen molar-refractivity contribution < 1.29 is 9.53 Å². The van der Waals surface area contributed by atoms with Crippen LogP contribution in [0, 0.1) is 0 Å². The van der Waals surface area contributed by atoms with Crippen LogP contribution < -0.4 is 10.6 Å². The average Bonchev–Trinajstić information content (AvgIpc) is 2.99. The second-order valence-electron chi connectivity index (χ2n) is 5.06. The van der Waals surface area contributed by atoms with Crippen molar-refractivity contribution in [3.8, 4) is 0 Å². The Morgan fingerprint density at radius 3 is 2.88 bits per heavy atom. The number of ether oxygens (including phenoxy) is 1. The van der Waals surface area contributed by atoms with E-state index in [0.717, 1.165) is 23.6 Å². The van der Waals surface area contributed by atoms with E-state index in [1.807, 2.05) is 35.1 Å². The van der Waals surface area contributed by atoms with Crippen LogP contribution in [-0.4, -0.2) is 59.3 Å². The lowest BCUT2D eigenvalue weighted by Gasteiger charge is -2.17. The third kappa shape index (κ3) is 7.37. The van der Waals surface area contributed by atoms with Gasteiger partial charge in [0.2, 0.25) is 5.91 Å². The van der Waals surface area contributed by atoms with E-state index in [1.165, 1.54) is 0 Å². The van der Waals surface area contributed by atoms with Crippen molar-refractivity contribution in [1.29, 1.82) is 0 Å². The van der Waals surface area contributed by atoms with Crippen LogP contribution in [0.5, 0.6) is 0 Å². The monoisotopic (exact) mass is 409 g/mol. The highest BCUT2D eigenvalue weighted by Gasteiger charge is 2.19. The molecular weight excluding hydrogens is 385 g/mol. The molecule has 2 aromatic rings. The number of nitrogens with zero attached hydrogens (tertiary/aromatic N) is 3. The number of pyridine rings is 1. The molecule has 0 radical (unpaired) electrons. The quantitative estimate of drug-likeness (QED) is 0.581. The van der Waals surface area contributed by atoms with E-state index in [2.05, 4.69) is 20.8 Å². The van der Waals surface area contributed by atoms with Crippen LogP contribution in [0.1, 0.15) is 18.3 Å². The Kier molecular flexibility index (Phi) is 12.6. The Morgan fingerprint density at radius 2 is 2.16 bits per heavy atom. The molecule has 1 amide bonds. The Bertz CT molecular complexity index is 629. The van der Waals surface area contributed by atoms with Crippen molar-refractivity contribution in [3.05, 3.63) is 30.2 Å². The lowest BCUT2D eigenvalue weighted by molar-refractivity contribution is -0.121. The molecule has 0 aromatic carbocycles. The zero-order chi connectivity index (χ0) is 16.5. The molecule has 2 N–H and O–H groups in total. The molecule has 25 heavy (non-hydrogen) atoms. The van der Waals surface area contributed by atoms with Gasteiger partial charge in [0.15, 0.2) is 11.5 Å². The van der Waals surface area contributed by atoms with E-state index in [-0.39, 0.29) is 43.3 Å². The summed E-state index contributed by atoms with van der Waals surface area (Å²) in [5.74, 6) is 1.64. The number of hydrogen-bond acceptors (Lipinski definition) is 6. The predicted molar refractivity (Wildman–Crippen MR) is 106 cm³/mol. The van der Waals surface area contributed by atoms with Gasteiger partial charge in [-0.3, -0.25) is 9.20 Å². The number of aromatic nitrogens is 3. The van der Waals surface area contributed by atoms with Crippen LogP contribution >= 0.6 is 36.6 Å². The predicted octanol–water partition coefficient (Wildman–Crippen LogP) is 1.72. The molecule has 0 saturated carbocycles. The maximum absolute atomic E-state index is 12.1. The lowest BCUT2D eigenvalue weighted by atomic mass is 10.2. The Morgan fingerprint density at radius 1 is 1.36 bits per heavy atom. The molecule has 0 bridgehead atoms. The number of nitrogens with one attached hydrogen (secondary N) is 2. The molecule has 0 aliphatic heterocycles. The van der Waals surface area contributed by atoms with Gasteiger partial charge in [-0.05, 0) is 30.6 Å². The number of amides is 1. The summed E-state index contributed by atoms with van der Waals surface area (Å²) in [6.07, 6.45) is 4.77. The molecule has 2 heterocycles. The minimum Gasteiger partial charge on any atom is -0.383 e.